The van der Waals surface area contributed by atoms with E-state index in [9.17, 15) is 9.18 Å². The predicted octanol–water partition coefficient (Wildman–Crippen LogP) is 3.95. The van der Waals surface area contributed by atoms with Crippen LogP contribution in [0.2, 0.25) is 0 Å². The second-order valence-corrected chi connectivity index (χ2v) is 6.53. The first-order chi connectivity index (χ1) is 13.1. The summed E-state index contributed by atoms with van der Waals surface area (Å²) in [5.41, 5.74) is 2.26. The highest BCUT2D eigenvalue weighted by Crippen LogP contribution is 2.34. The van der Waals surface area contributed by atoms with Gasteiger partial charge in [-0.2, -0.15) is 0 Å². The summed E-state index contributed by atoms with van der Waals surface area (Å²) in [7, 11) is 3.15. The summed E-state index contributed by atoms with van der Waals surface area (Å²) in [6.45, 7) is 0. The van der Waals surface area contributed by atoms with E-state index in [0.29, 0.717) is 33.7 Å². The summed E-state index contributed by atoms with van der Waals surface area (Å²) in [4.78, 5) is 17.4. The van der Waals surface area contributed by atoms with Crippen molar-refractivity contribution in [3.63, 3.8) is 0 Å². The number of nitrogens with zero attached hydrogens (tertiary/aromatic N) is 1. The number of hydrogen-bond donors (Lipinski definition) is 1. The molecule has 3 aromatic rings. The Labute approximate surface area is 156 Å². The fourth-order valence-corrected chi connectivity index (χ4v) is 3.02. The summed E-state index contributed by atoms with van der Waals surface area (Å²) < 4.78 is 24.5. The summed E-state index contributed by atoms with van der Waals surface area (Å²) in [5.74, 6) is 0.616. The standard InChI is InChI=1S/C21H19FN2O3/c1-26-14-6-7-15(20(10-14)27-2)19-11-17(21(25)23-13-4-5-13)16-9-12(22)3-8-18(16)24-19/h3,6-11,13H,4-5H2,1-2H3,(H,23,25). The number of nitrogens with one attached hydrogen (secondary N) is 1. The van der Waals surface area contributed by atoms with E-state index in [0.717, 1.165) is 18.4 Å². The van der Waals surface area contributed by atoms with E-state index in [4.69, 9.17) is 9.47 Å². The molecule has 1 saturated carbocycles. The highest BCUT2D eigenvalue weighted by atomic mass is 19.1. The molecule has 5 nitrogen and oxygen atoms in total. The van der Waals surface area contributed by atoms with Crippen molar-refractivity contribution in [2.45, 2.75) is 18.9 Å². The average molecular weight is 366 g/mol. The molecule has 0 aliphatic heterocycles. The first kappa shape index (κ1) is 17.3. The fraction of sp³-hybridized carbons (Fsp3) is 0.238. The van der Waals surface area contributed by atoms with Crippen molar-refractivity contribution in [1.29, 1.82) is 0 Å². The second-order valence-electron chi connectivity index (χ2n) is 6.53. The van der Waals surface area contributed by atoms with Crippen LogP contribution in [0.4, 0.5) is 4.39 Å². The van der Waals surface area contributed by atoms with Crippen LogP contribution in [0.3, 0.4) is 0 Å². The molecule has 2 aromatic carbocycles. The van der Waals surface area contributed by atoms with Crippen LogP contribution in [0.25, 0.3) is 22.2 Å². The van der Waals surface area contributed by atoms with Gasteiger partial charge in [-0.05, 0) is 49.2 Å². The van der Waals surface area contributed by atoms with Crippen molar-refractivity contribution >= 4 is 16.8 Å². The molecule has 0 bridgehead atoms. The third-order valence-electron chi connectivity index (χ3n) is 4.61. The molecule has 0 atom stereocenters. The first-order valence-corrected chi connectivity index (χ1v) is 8.72. The van der Waals surface area contributed by atoms with E-state index in [-0.39, 0.29) is 11.9 Å². The van der Waals surface area contributed by atoms with Gasteiger partial charge in [0, 0.05) is 23.1 Å². The zero-order valence-electron chi connectivity index (χ0n) is 15.1. The molecule has 1 N–H and O–H groups in total. The van der Waals surface area contributed by atoms with E-state index >= 15 is 0 Å². The molecule has 1 aliphatic carbocycles. The fourth-order valence-electron chi connectivity index (χ4n) is 3.02. The minimum Gasteiger partial charge on any atom is -0.497 e. The molecule has 1 amide bonds. The van der Waals surface area contributed by atoms with Gasteiger partial charge >= 0.3 is 0 Å². The van der Waals surface area contributed by atoms with Gasteiger partial charge in [-0.25, -0.2) is 9.37 Å². The van der Waals surface area contributed by atoms with Crippen molar-refractivity contribution in [2.24, 2.45) is 0 Å². The summed E-state index contributed by atoms with van der Waals surface area (Å²) in [5, 5.41) is 3.46. The SMILES string of the molecule is COc1ccc(-c2cc(C(=O)NC3CC3)c3cc(F)ccc3n2)c(OC)c1. The monoisotopic (exact) mass is 366 g/mol. The Kier molecular flexibility index (Phi) is 4.39. The van der Waals surface area contributed by atoms with Crippen molar-refractivity contribution in [3.8, 4) is 22.8 Å². The molecule has 4 rings (SSSR count). The Morgan fingerprint density at radius 1 is 1.11 bits per heavy atom. The molecule has 1 heterocycles. The second kappa shape index (κ2) is 6.87. The molecule has 27 heavy (non-hydrogen) atoms. The molecular formula is C21H19FN2O3. The minimum atomic E-state index is -0.403. The number of ether oxygens (including phenoxy) is 2. The maximum atomic E-state index is 13.8. The normalized spacial score (nSPS) is 13.4. The first-order valence-electron chi connectivity index (χ1n) is 8.72. The number of rotatable bonds is 5. The van der Waals surface area contributed by atoms with E-state index in [1.807, 2.05) is 6.07 Å². The summed E-state index contributed by atoms with van der Waals surface area (Å²) in [6.07, 6.45) is 1.95. The van der Waals surface area contributed by atoms with Gasteiger partial charge in [0.1, 0.15) is 17.3 Å². The van der Waals surface area contributed by atoms with E-state index < -0.39 is 5.82 Å². The van der Waals surface area contributed by atoms with Crippen molar-refractivity contribution in [3.05, 3.63) is 53.8 Å². The average Bonchev–Trinajstić information content (AvgIpc) is 3.50. The number of hydrogen-bond acceptors (Lipinski definition) is 4. The Bertz CT molecular complexity index is 1030. The van der Waals surface area contributed by atoms with E-state index in [1.54, 1.807) is 38.5 Å². The lowest BCUT2D eigenvalue weighted by molar-refractivity contribution is 0.0952. The van der Waals surface area contributed by atoms with Crippen LogP contribution < -0.4 is 14.8 Å². The van der Waals surface area contributed by atoms with E-state index in [2.05, 4.69) is 10.3 Å². The lowest BCUT2D eigenvalue weighted by Crippen LogP contribution is -2.25. The van der Waals surface area contributed by atoms with Crippen LogP contribution >= 0.6 is 0 Å². The van der Waals surface area contributed by atoms with Gasteiger partial charge in [-0.15, -0.1) is 0 Å². The van der Waals surface area contributed by atoms with Crippen LogP contribution in [-0.2, 0) is 0 Å². The summed E-state index contributed by atoms with van der Waals surface area (Å²) >= 11 is 0. The smallest absolute Gasteiger partial charge is 0.252 e. The van der Waals surface area contributed by atoms with Crippen LogP contribution in [0.5, 0.6) is 11.5 Å². The van der Waals surface area contributed by atoms with Crippen LogP contribution in [-0.4, -0.2) is 31.2 Å². The minimum absolute atomic E-state index is 0.202. The number of methoxy groups -OCH3 is 2. The molecule has 0 saturated heterocycles. The third kappa shape index (κ3) is 3.43. The van der Waals surface area contributed by atoms with E-state index in [1.165, 1.54) is 12.1 Å². The van der Waals surface area contributed by atoms with Crippen molar-refractivity contribution in [1.82, 2.24) is 10.3 Å². The topological polar surface area (TPSA) is 60.5 Å². The number of carbonyl (C=O) groups excluding carboxylic acids is 1. The lowest BCUT2D eigenvalue weighted by Gasteiger charge is -2.13. The maximum absolute atomic E-state index is 13.8. The number of halogens is 1. The molecule has 1 aliphatic rings. The molecule has 6 heteroatoms. The number of pyridine rings is 1. The quantitative estimate of drug-likeness (QED) is 0.743. The zero-order chi connectivity index (χ0) is 19.0. The third-order valence-corrected chi connectivity index (χ3v) is 4.61. The van der Waals surface area contributed by atoms with Gasteiger partial charge in [0.25, 0.3) is 5.91 Å². The molecule has 1 fully saturated rings. The van der Waals surface area contributed by atoms with Gasteiger partial charge < -0.3 is 14.8 Å². The van der Waals surface area contributed by atoms with Crippen LogP contribution in [0.15, 0.2) is 42.5 Å². The number of carbonyl (C=O) groups is 1. The van der Waals surface area contributed by atoms with Gasteiger partial charge in [-0.1, -0.05) is 0 Å². The molecular weight excluding hydrogens is 347 g/mol. The van der Waals surface area contributed by atoms with Crippen LogP contribution in [0.1, 0.15) is 23.2 Å². The predicted molar refractivity (Wildman–Crippen MR) is 101 cm³/mol. The van der Waals surface area contributed by atoms with Crippen molar-refractivity contribution < 1.29 is 18.7 Å². The van der Waals surface area contributed by atoms with Gasteiger partial charge in [0.2, 0.25) is 0 Å². The number of benzene rings is 2. The molecule has 0 unspecified atom stereocenters. The number of aromatic nitrogens is 1. The Morgan fingerprint density at radius 2 is 1.93 bits per heavy atom. The highest BCUT2D eigenvalue weighted by Gasteiger charge is 2.25. The zero-order valence-corrected chi connectivity index (χ0v) is 15.1. The Balaban J connectivity index is 1.89. The molecule has 1 aromatic heterocycles. The van der Waals surface area contributed by atoms with Gasteiger partial charge in [-0.3, -0.25) is 4.79 Å². The molecule has 0 spiro atoms. The highest BCUT2D eigenvalue weighted by molar-refractivity contribution is 6.07. The van der Waals surface area contributed by atoms with Crippen molar-refractivity contribution in [2.75, 3.05) is 14.2 Å². The Hall–Kier alpha value is -3.15. The number of amides is 1. The molecule has 0 radical (unpaired) electrons. The molecule has 138 valence electrons. The summed E-state index contributed by atoms with van der Waals surface area (Å²) in [6, 6.07) is 11.5. The Morgan fingerprint density at radius 3 is 2.63 bits per heavy atom. The lowest BCUT2D eigenvalue weighted by atomic mass is 10.0. The largest absolute Gasteiger partial charge is 0.497 e. The maximum Gasteiger partial charge on any atom is 0.252 e. The van der Waals surface area contributed by atoms with Gasteiger partial charge in [0.05, 0.1) is 31.0 Å². The number of fused-ring (bicyclic) bond motifs is 1. The van der Waals surface area contributed by atoms with Crippen LogP contribution in [0, 0.1) is 5.82 Å². The van der Waals surface area contributed by atoms with Gasteiger partial charge in [0.15, 0.2) is 0 Å².